The second kappa shape index (κ2) is 11.8. The van der Waals surface area contributed by atoms with E-state index in [1.807, 2.05) is 32.0 Å². The number of nitrogens with one attached hydrogen (secondary N) is 2. The van der Waals surface area contributed by atoms with Gasteiger partial charge in [-0.3, -0.25) is 0 Å². The Balaban J connectivity index is 1.37. The molecule has 0 bridgehead atoms. The minimum atomic E-state index is -1.11. The summed E-state index contributed by atoms with van der Waals surface area (Å²) >= 11 is 0. The van der Waals surface area contributed by atoms with Crippen LogP contribution >= 0.6 is 0 Å². The van der Waals surface area contributed by atoms with Gasteiger partial charge < -0.3 is 30.0 Å². The number of aliphatic hydroxyl groups is 1. The minimum Gasteiger partial charge on any atom is -0.404 e. The van der Waals surface area contributed by atoms with Crippen LogP contribution in [0.25, 0.3) is 10.9 Å². The van der Waals surface area contributed by atoms with Crippen molar-refractivity contribution in [2.45, 2.75) is 57.2 Å². The van der Waals surface area contributed by atoms with Gasteiger partial charge in [-0.2, -0.15) is 5.10 Å². The number of benzene rings is 1. The summed E-state index contributed by atoms with van der Waals surface area (Å²) < 4.78 is 17.3. The van der Waals surface area contributed by atoms with Gasteiger partial charge >= 0.3 is 18.0 Å². The maximum Gasteiger partial charge on any atom is 0.415 e. The number of rotatable bonds is 7. The fraction of sp³-hybridized carbons (Fsp3) is 0.538. The van der Waals surface area contributed by atoms with E-state index in [0.29, 0.717) is 62.9 Å². The average Bonchev–Trinajstić information content (AvgIpc) is 3.25. The Morgan fingerprint density at radius 2 is 1.84 bits per heavy atom. The summed E-state index contributed by atoms with van der Waals surface area (Å²) in [5, 5.41) is 22.3. The van der Waals surface area contributed by atoms with Crippen LogP contribution < -0.4 is 15.4 Å². The Hall–Kier alpha value is -3.28. The van der Waals surface area contributed by atoms with E-state index < -0.39 is 29.7 Å². The molecule has 37 heavy (non-hydrogen) atoms. The Morgan fingerprint density at radius 3 is 2.54 bits per heavy atom. The molecule has 2 aliphatic rings. The van der Waals surface area contributed by atoms with Crippen molar-refractivity contribution in [1.82, 2.24) is 20.4 Å². The molecule has 0 saturated carbocycles. The van der Waals surface area contributed by atoms with E-state index >= 15 is 0 Å². The SMILES string of the molecule is CC(C)n1nc2ccccc2c1OC(=O)/C=C/C(=O)OC(=O)NC(C1CCOCC1)C1(O)CCNCC1. The van der Waals surface area contributed by atoms with E-state index in [1.54, 1.807) is 10.7 Å². The predicted octanol–water partition coefficient (Wildman–Crippen LogP) is 2.24. The second-order valence-corrected chi connectivity index (χ2v) is 9.75. The highest BCUT2D eigenvalue weighted by Crippen LogP contribution is 2.32. The van der Waals surface area contributed by atoms with Gasteiger partial charge in [-0.05, 0) is 70.7 Å². The first-order chi connectivity index (χ1) is 17.8. The van der Waals surface area contributed by atoms with Gasteiger partial charge in [0.2, 0.25) is 5.88 Å². The van der Waals surface area contributed by atoms with Crippen molar-refractivity contribution >= 4 is 28.9 Å². The number of alkyl carbamates (subject to hydrolysis) is 1. The number of amides is 1. The van der Waals surface area contributed by atoms with Crippen LogP contribution in [0.15, 0.2) is 36.4 Å². The monoisotopic (exact) mass is 514 g/mol. The minimum absolute atomic E-state index is 0.00865. The van der Waals surface area contributed by atoms with Crippen molar-refractivity contribution in [2.24, 2.45) is 5.92 Å². The van der Waals surface area contributed by atoms with Crippen molar-refractivity contribution in [3.8, 4) is 5.88 Å². The molecule has 1 amide bonds. The zero-order valence-corrected chi connectivity index (χ0v) is 21.1. The van der Waals surface area contributed by atoms with Crippen molar-refractivity contribution in [3.05, 3.63) is 36.4 Å². The molecule has 3 heterocycles. The van der Waals surface area contributed by atoms with Crippen LogP contribution in [0.5, 0.6) is 5.88 Å². The first-order valence-corrected chi connectivity index (χ1v) is 12.7. The molecule has 2 fully saturated rings. The first-order valence-electron chi connectivity index (χ1n) is 12.7. The highest BCUT2D eigenvalue weighted by molar-refractivity contribution is 5.97. The van der Waals surface area contributed by atoms with Crippen LogP contribution in [0.2, 0.25) is 0 Å². The Kier molecular flexibility index (Phi) is 8.57. The van der Waals surface area contributed by atoms with E-state index in [0.717, 1.165) is 12.2 Å². The number of fused-ring (bicyclic) bond motifs is 1. The van der Waals surface area contributed by atoms with Crippen LogP contribution in [-0.2, 0) is 19.1 Å². The largest absolute Gasteiger partial charge is 0.415 e. The summed E-state index contributed by atoms with van der Waals surface area (Å²) in [5.74, 6) is -1.58. The van der Waals surface area contributed by atoms with Crippen LogP contribution in [0.3, 0.4) is 0 Å². The van der Waals surface area contributed by atoms with E-state index in [2.05, 4.69) is 15.7 Å². The lowest BCUT2D eigenvalue weighted by molar-refractivity contribution is -0.134. The highest BCUT2D eigenvalue weighted by atomic mass is 16.6. The summed E-state index contributed by atoms with van der Waals surface area (Å²) in [6.45, 7) is 6.15. The maximum atomic E-state index is 12.6. The third-order valence-electron chi connectivity index (χ3n) is 6.85. The first kappa shape index (κ1) is 26.8. The number of hydrogen-bond acceptors (Lipinski definition) is 9. The molecule has 200 valence electrons. The molecular weight excluding hydrogens is 480 g/mol. The molecule has 2 aromatic rings. The van der Waals surface area contributed by atoms with E-state index in [4.69, 9.17) is 14.2 Å². The highest BCUT2D eigenvalue weighted by Gasteiger charge is 2.43. The van der Waals surface area contributed by atoms with E-state index in [-0.39, 0.29) is 17.8 Å². The molecule has 0 aliphatic carbocycles. The number of nitrogens with zero attached hydrogens (tertiary/aromatic N) is 2. The molecule has 1 unspecified atom stereocenters. The van der Waals surface area contributed by atoms with E-state index in [1.165, 1.54) is 0 Å². The predicted molar refractivity (Wildman–Crippen MR) is 134 cm³/mol. The number of piperidine rings is 1. The molecule has 3 N–H and O–H groups in total. The third-order valence-corrected chi connectivity index (χ3v) is 6.85. The fourth-order valence-corrected chi connectivity index (χ4v) is 4.94. The molecule has 11 heteroatoms. The number of hydrogen-bond donors (Lipinski definition) is 3. The zero-order chi connectivity index (χ0) is 26.4. The maximum absolute atomic E-state index is 12.6. The van der Waals surface area contributed by atoms with Gasteiger partial charge in [-0.25, -0.2) is 19.1 Å². The summed E-state index contributed by atoms with van der Waals surface area (Å²) in [4.78, 5) is 37.3. The van der Waals surface area contributed by atoms with Gasteiger partial charge in [0.15, 0.2) is 0 Å². The molecule has 4 rings (SSSR count). The smallest absolute Gasteiger partial charge is 0.404 e. The van der Waals surface area contributed by atoms with Crippen molar-refractivity contribution in [2.75, 3.05) is 26.3 Å². The van der Waals surface area contributed by atoms with Gasteiger partial charge in [0, 0.05) is 25.4 Å². The van der Waals surface area contributed by atoms with Gasteiger partial charge in [-0.1, -0.05) is 12.1 Å². The van der Waals surface area contributed by atoms with Crippen molar-refractivity contribution in [1.29, 1.82) is 0 Å². The number of ether oxygens (including phenoxy) is 3. The molecule has 0 spiro atoms. The number of carbonyl (C=O) groups excluding carboxylic acids is 3. The van der Waals surface area contributed by atoms with Crippen molar-refractivity contribution < 1.29 is 33.7 Å². The topological polar surface area (TPSA) is 141 Å². The number of aromatic nitrogens is 2. The fourth-order valence-electron chi connectivity index (χ4n) is 4.94. The van der Waals surface area contributed by atoms with Crippen molar-refractivity contribution in [3.63, 3.8) is 0 Å². The second-order valence-electron chi connectivity index (χ2n) is 9.75. The molecule has 1 aromatic carbocycles. The quantitative estimate of drug-likeness (QED) is 0.288. The number of carbonyl (C=O) groups is 3. The lowest BCUT2D eigenvalue weighted by Crippen LogP contribution is -2.60. The van der Waals surface area contributed by atoms with Crippen LogP contribution in [0, 0.1) is 5.92 Å². The van der Waals surface area contributed by atoms with Gasteiger partial charge in [0.25, 0.3) is 0 Å². The summed E-state index contributed by atoms with van der Waals surface area (Å²) in [6.07, 6.45) is 3.06. The molecule has 0 radical (unpaired) electrons. The summed E-state index contributed by atoms with van der Waals surface area (Å²) in [6, 6.07) is 6.60. The molecular formula is C26H34N4O7. The van der Waals surface area contributed by atoms with Crippen LogP contribution in [0.4, 0.5) is 4.79 Å². The zero-order valence-electron chi connectivity index (χ0n) is 21.1. The van der Waals surface area contributed by atoms with Gasteiger partial charge in [0.05, 0.1) is 28.6 Å². The lowest BCUT2D eigenvalue weighted by atomic mass is 9.76. The van der Waals surface area contributed by atoms with Gasteiger partial charge in [-0.15, -0.1) is 0 Å². The Morgan fingerprint density at radius 1 is 1.16 bits per heavy atom. The molecule has 1 aromatic heterocycles. The molecule has 2 saturated heterocycles. The number of esters is 2. The van der Waals surface area contributed by atoms with Crippen LogP contribution in [-0.4, -0.2) is 70.9 Å². The van der Waals surface area contributed by atoms with Gasteiger partial charge in [0.1, 0.15) is 0 Å². The standard InChI is InChI=1S/C26H34N4O7/c1-17(2)30-24(19-5-3-4-6-20(19)29-30)36-21(31)7-8-22(32)37-25(33)28-23(18-9-15-35-16-10-18)26(34)11-13-27-14-12-26/h3-8,17-18,23,27,34H,9-16H2,1-2H3,(H,28,33)/b8-7+. The average molecular weight is 515 g/mol. The lowest BCUT2D eigenvalue weighted by Gasteiger charge is -2.44. The third kappa shape index (κ3) is 6.54. The van der Waals surface area contributed by atoms with Crippen LogP contribution in [0.1, 0.15) is 45.6 Å². The molecule has 11 nitrogen and oxygen atoms in total. The summed E-state index contributed by atoms with van der Waals surface area (Å²) in [5.41, 5.74) is -0.439. The molecule has 2 aliphatic heterocycles. The Labute approximate surface area is 215 Å². The van der Waals surface area contributed by atoms with E-state index in [9.17, 15) is 19.5 Å². The normalized spacial score (nSPS) is 19.1. The molecule has 1 atom stereocenters. The Bertz CT molecular complexity index is 1150. The summed E-state index contributed by atoms with van der Waals surface area (Å²) in [7, 11) is 0.